The van der Waals surface area contributed by atoms with Crippen molar-refractivity contribution in [2.75, 3.05) is 0 Å². The lowest BCUT2D eigenvalue weighted by Crippen LogP contribution is -2.53. The molecular formula is C25H36N4O5. The molecule has 0 aliphatic heterocycles. The van der Waals surface area contributed by atoms with Gasteiger partial charge >= 0.3 is 5.97 Å². The maximum absolute atomic E-state index is 13.0. The molecule has 0 bridgehead atoms. The second kappa shape index (κ2) is 14.0. The lowest BCUT2D eigenvalue weighted by Gasteiger charge is -2.21. The molecule has 1 heterocycles. The summed E-state index contributed by atoms with van der Waals surface area (Å²) in [7, 11) is 0. The number of benzene rings is 1. The van der Waals surface area contributed by atoms with Gasteiger partial charge in [0.05, 0.1) is 6.42 Å². The fraction of sp³-hybridized carbons (Fsp3) is 0.520. The Bertz CT molecular complexity index is 971. The number of unbranched alkanes of at least 4 members (excludes halogenated alkanes) is 6. The maximum Gasteiger partial charge on any atom is 0.326 e. The highest BCUT2D eigenvalue weighted by molar-refractivity contribution is 5.93. The molecule has 0 saturated heterocycles. The van der Waals surface area contributed by atoms with Crippen molar-refractivity contribution in [2.45, 2.75) is 83.2 Å². The molecule has 0 saturated carbocycles. The number of nitrogens with one attached hydrogen (secondary N) is 3. The van der Waals surface area contributed by atoms with Crippen molar-refractivity contribution in [1.82, 2.24) is 15.6 Å². The van der Waals surface area contributed by atoms with Gasteiger partial charge in [0.2, 0.25) is 17.7 Å². The van der Waals surface area contributed by atoms with Crippen molar-refractivity contribution in [3.8, 4) is 0 Å². The van der Waals surface area contributed by atoms with Gasteiger partial charge in [-0.05, 0) is 18.1 Å². The van der Waals surface area contributed by atoms with E-state index in [2.05, 4.69) is 22.5 Å². The minimum Gasteiger partial charge on any atom is -0.480 e. The average Bonchev–Trinajstić information content (AvgIpc) is 3.20. The maximum atomic E-state index is 13.0. The smallest absolute Gasteiger partial charge is 0.326 e. The van der Waals surface area contributed by atoms with Crippen molar-refractivity contribution in [3.05, 3.63) is 36.0 Å². The van der Waals surface area contributed by atoms with Crippen molar-refractivity contribution < 1.29 is 24.3 Å². The normalized spacial score (nSPS) is 12.7. The van der Waals surface area contributed by atoms with Crippen LogP contribution in [0.25, 0.3) is 10.9 Å². The number of rotatable bonds is 16. The zero-order valence-electron chi connectivity index (χ0n) is 19.8. The molecule has 1 aromatic heterocycles. The number of H-pyrrole nitrogens is 1. The van der Waals surface area contributed by atoms with Crippen LogP contribution in [-0.2, 0) is 25.6 Å². The summed E-state index contributed by atoms with van der Waals surface area (Å²) in [6, 6.07) is 5.12. The van der Waals surface area contributed by atoms with Crippen LogP contribution in [0, 0.1) is 0 Å². The van der Waals surface area contributed by atoms with Crippen LogP contribution < -0.4 is 16.4 Å². The predicted molar refractivity (Wildman–Crippen MR) is 130 cm³/mol. The molecule has 0 radical (unpaired) electrons. The van der Waals surface area contributed by atoms with E-state index >= 15 is 0 Å². The highest BCUT2D eigenvalue weighted by Gasteiger charge is 2.28. The van der Waals surface area contributed by atoms with Crippen LogP contribution in [0.3, 0.4) is 0 Å². The molecule has 2 rings (SSSR count). The Morgan fingerprint density at radius 1 is 0.971 bits per heavy atom. The quantitative estimate of drug-likeness (QED) is 0.238. The van der Waals surface area contributed by atoms with Crippen molar-refractivity contribution in [1.29, 1.82) is 0 Å². The number of amides is 3. The van der Waals surface area contributed by atoms with Gasteiger partial charge in [-0.1, -0.05) is 63.6 Å². The standard InChI is InChI=1S/C25H36N4O5/c1-2-3-4-5-6-7-8-13-23(31)28-20(24(32)29-21(25(33)34)15-22(26)30)14-17-16-27-19-12-10-9-11-18(17)19/h9-12,16,20-21,27H,2-8,13-15H2,1H3,(H2,26,30)(H,28,31)(H,29,32)(H,33,34)/t20-,21-/m0/s1. The van der Waals surface area contributed by atoms with Gasteiger partial charge in [0.25, 0.3) is 0 Å². The fourth-order valence-electron chi connectivity index (χ4n) is 3.91. The third kappa shape index (κ3) is 8.88. The number of carboxylic acids is 1. The van der Waals surface area contributed by atoms with Crippen LogP contribution in [0.5, 0.6) is 0 Å². The summed E-state index contributed by atoms with van der Waals surface area (Å²) in [6.07, 6.45) is 9.18. The van der Waals surface area contributed by atoms with Gasteiger partial charge < -0.3 is 26.5 Å². The number of aromatic amines is 1. The molecule has 2 aromatic rings. The number of hydrogen-bond donors (Lipinski definition) is 5. The number of para-hydroxylation sites is 1. The summed E-state index contributed by atoms with van der Waals surface area (Å²) in [4.78, 5) is 51.4. The number of carboxylic acid groups (broad SMARTS) is 1. The number of aromatic nitrogens is 1. The van der Waals surface area contributed by atoms with Crippen molar-refractivity contribution in [3.63, 3.8) is 0 Å². The van der Waals surface area contributed by atoms with Crippen LogP contribution >= 0.6 is 0 Å². The lowest BCUT2D eigenvalue weighted by molar-refractivity contribution is -0.143. The number of hydrogen-bond acceptors (Lipinski definition) is 4. The first-order valence-electron chi connectivity index (χ1n) is 12.0. The lowest BCUT2D eigenvalue weighted by atomic mass is 10.0. The van der Waals surface area contributed by atoms with Gasteiger partial charge in [-0.3, -0.25) is 14.4 Å². The molecule has 0 fully saturated rings. The van der Waals surface area contributed by atoms with Gasteiger partial charge in [-0.25, -0.2) is 4.79 Å². The number of fused-ring (bicyclic) bond motifs is 1. The van der Waals surface area contributed by atoms with Gasteiger partial charge in [-0.15, -0.1) is 0 Å². The summed E-state index contributed by atoms with van der Waals surface area (Å²) < 4.78 is 0. The number of aliphatic carboxylic acids is 1. The molecule has 6 N–H and O–H groups in total. The minimum absolute atomic E-state index is 0.168. The van der Waals surface area contributed by atoms with Crippen LogP contribution in [0.2, 0.25) is 0 Å². The van der Waals surface area contributed by atoms with Crippen molar-refractivity contribution >= 4 is 34.6 Å². The van der Waals surface area contributed by atoms with Crippen LogP contribution in [0.15, 0.2) is 30.5 Å². The Labute approximate surface area is 199 Å². The highest BCUT2D eigenvalue weighted by Crippen LogP contribution is 2.19. The van der Waals surface area contributed by atoms with Gasteiger partial charge in [-0.2, -0.15) is 0 Å². The molecule has 2 atom stereocenters. The summed E-state index contributed by atoms with van der Waals surface area (Å²) in [5.74, 6) is -3.15. The Morgan fingerprint density at radius 2 is 1.65 bits per heavy atom. The third-order valence-corrected chi connectivity index (χ3v) is 5.78. The van der Waals surface area contributed by atoms with Crippen LogP contribution in [-0.4, -0.2) is 45.9 Å². The fourth-order valence-corrected chi connectivity index (χ4v) is 3.91. The van der Waals surface area contributed by atoms with E-state index in [9.17, 15) is 24.3 Å². The molecule has 0 spiro atoms. The third-order valence-electron chi connectivity index (χ3n) is 5.78. The summed E-state index contributed by atoms with van der Waals surface area (Å²) in [5, 5.41) is 15.3. The highest BCUT2D eigenvalue weighted by atomic mass is 16.4. The van der Waals surface area contributed by atoms with Crippen molar-refractivity contribution in [2.24, 2.45) is 5.73 Å². The Hall–Kier alpha value is -3.36. The van der Waals surface area contributed by atoms with Gasteiger partial charge in [0.15, 0.2) is 0 Å². The molecule has 34 heavy (non-hydrogen) atoms. The number of primary amides is 1. The number of nitrogens with two attached hydrogens (primary N) is 1. The second-order valence-electron chi connectivity index (χ2n) is 8.62. The number of carbonyl (C=O) groups is 4. The summed E-state index contributed by atoms with van der Waals surface area (Å²) in [5.41, 5.74) is 6.82. The topological polar surface area (TPSA) is 154 Å². The van der Waals surface area contributed by atoms with E-state index in [1.54, 1.807) is 6.20 Å². The molecule has 186 valence electrons. The molecule has 0 aliphatic rings. The minimum atomic E-state index is -1.46. The Kier molecular flexibility index (Phi) is 11.1. The Morgan fingerprint density at radius 3 is 2.32 bits per heavy atom. The zero-order valence-corrected chi connectivity index (χ0v) is 19.8. The van der Waals surface area contributed by atoms with Crippen LogP contribution in [0.1, 0.15) is 70.3 Å². The van der Waals surface area contributed by atoms with Gasteiger partial charge in [0, 0.05) is 29.9 Å². The molecule has 0 aliphatic carbocycles. The molecule has 0 unspecified atom stereocenters. The van der Waals surface area contributed by atoms with E-state index in [4.69, 9.17) is 5.73 Å². The molecule has 9 heteroatoms. The van der Waals surface area contributed by atoms with E-state index in [0.29, 0.717) is 0 Å². The number of carbonyl (C=O) groups excluding carboxylic acids is 3. The van der Waals surface area contributed by atoms with E-state index in [0.717, 1.165) is 42.1 Å². The van der Waals surface area contributed by atoms with E-state index in [1.807, 2.05) is 24.3 Å². The second-order valence-corrected chi connectivity index (χ2v) is 8.62. The Balaban J connectivity index is 2.04. The molecule has 9 nitrogen and oxygen atoms in total. The SMILES string of the molecule is CCCCCCCCCC(=O)N[C@@H](Cc1c[nH]c2ccccc12)C(=O)N[C@@H](CC(N)=O)C(=O)O. The van der Waals surface area contributed by atoms with Crippen LogP contribution in [0.4, 0.5) is 0 Å². The van der Waals surface area contributed by atoms with E-state index in [1.165, 1.54) is 19.3 Å². The molecular weight excluding hydrogens is 436 g/mol. The molecule has 1 aromatic carbocycles. The monoisotopic (exact) mass is 472 g/mol. The van der Waals surface area contributed by atoms with E-state index < -0.39 is 36.3 Å². The molecule has 3 amide bonds. The van der Waals surface area contributed by atoms with Gasteiger partial charge in [0.1, 0.15) is 12.1 Å². The predicted octanol–water partition coefficient (Wildman–Crippen LogP) is 2.78. The first-order chi connectivity index (χ1) is 16.3. The summed E-state index contributed by atoms with van der Waals surface area (Å²) >= 11 is 0. The largest absolute Gasteiger partial charge is 0.480 e. The van der Waals surface area contributed by atoms with E-state index in [-0.39, 0.29) is 18.7 Å². The first kappa shape index (κ1) is 26.9. The summed E-state index contributed by atoms with van der Waals surface area (Å²) in [6.45, 7) is 2.17. The zero-order chi connectivity index (χ0) is 24.9. The average molecular weight is 473 g/mol. The first-order valence-corrected chi connectivity index (χ1v) is 12.0.